The number of carbonyl (C=O) groups excluding carboxylic acids is 1. The molecule has 236 valence electrons. The number of likely N-dealkylation sites (tertiary alicyclic amines) is 2. The zero-order valence-electron chi connectivity index (χ0n) is 25.0. The van der Waals surface area contributed by atoms with Crippen LogP contribution in [0.1, 0.15) is 56.1 Å². The third kappa shape index (κ3) is 7.60. The molecule has 0 bridgehead atoms. The van der Waals surface area contributed by atoms with E-state index in [1.54, 1.807) is 42.2 Å². The van der Waals surface area contributed by atoms with E-state index >= 15 is 0 Å². The molecular weight excluding hydrogens is 593 g/mol. The summed E-state index contributed by atoms with van der Waals surface area (Å²) in [4.78, 5) is 17.5. The van der Waals surface area contributed by atoms with E-state index in [4.69, 9.17) is 21.1 Å². The molecule has 2 aromatic carbocycles. The van der Waals surface area contributed by atoms with Gasteiger partial charge < -0.3 is 19.3 Å². The van der Waals surface area contributed by atoms with Crippen LogP contribution < -0.4 is 0 Å². The van der Waals surface area contributed by atoms with Crippen LogP contribution in [0, 0.1) is 12.7 Å². The number of sulfonamides is 1. The van der Waals surface area contributed by atoms with Gasteiger partial charge in [0, 0.05) is 32.2 Å². The summed E-state index contributed by atoms with van der Waals surface area (Å²) in [6.07, 6.45) is 5.98. The lowest BCUT2D eigenvalue weighted by Crippen LogP contribution is -2.49. The molecule has 11 heteroatoms. The number of rotatable bonds is 11. The summed E-state index contributed by atoms with van der Waals surface area (Å²) in [5, 5.41) is 0.210. The van der Waals surface area contributed by atoms with Crippen molar-refractivity contribution < 1.29 is 27.1 Å². The predicted octanol–water partition coefficient (Wildman–Crippen LogP) is 4.98. The Morgan fingerprint density at radius 3 is 2.40 bits per heavy atom. The average molecular weight is 636 g/mol. The van der Waals surface area contributed by atoms with Gasteiger partial charge in [0.05, 0.1) is 23.8 Å². The van der Waals surface area contributed by atoms with Gasteiger partial charge in [-0.2, -0.15) is 4.31 Å². The lowest BCUT2D eigenvalue weighted by atomic mass is 9.84. The summed E-state index contributed by atoms with van der Waals surface area (Å²) in [6.45, 7) is 6.80. The van der Waals surface area contributed by atoms with Crippen molar-refractivity contribution in [3.63, 3.8) is 0 Å². The molecule has 0 aromatic heterocycles. The maximum Gasteiger partial charge on any atom is 0.248 e. The zero-order chi connectivity index (χ0) is 30.5. The van der Waals surface area contributed by atoms with Crippen molar-refractivity contribution in [2.24, 2.45) is 0 Å². The van der Waals surface area contributed by atoms with Crippen LogP contribution in [0.25, 0.3) is 0 Å². The number of hydrogen-bond donors (Lipinski definition) is 0. The Labute approximate surface area is 260 Å². The predicted molar refractivity (Wildman–Crippen MR) is 164 cm³/mol. The van der Waals surface area contributed by atoms with E-state index in [1.807, 2.05) is 0 Å². The first-order valence-electron chi connectivity index (χ1n) is 15.4. The molecule has 1 atom stereocenters. The van der Waals surface area contributed by atoms with Crippen LogP contribution >= 0.6 is 11.6 Å². The van der Waals surface area contributed by atoms with Gasteiger partial charge >= 0.3 is 0 Å². The molecule has 3 heterocycles. The highest BCUT2D eigenvalue weighted by atomic mass is 35.5. The second kappa shape index (κ2) is 14.3. The van der Waals surface area contributed by atoms with Crippen LogP contribution in [0.3, 0.4) is 0 Å². The van der Waals surface area contributed by atoms with E-state index in [-0.39, 0.29) is 40.9 Å². The van der Waals surface area contributed by atoms with Crippen molar-refractivity contribution in [3.8, 4) is 0 Å². The summed E-state index contributed by atoms with van der Waals surface area (Å²) in [7, 11) is -3.81. The van der Waals surface area contributed by atoms with Crippen LogP contribution in [0.2, 0.25) is 5.02 Å². The number of amides is 1. The van der Waals surface area contributed by atoms with E-state index in [0.717, 1.165) is 38.0 Å². The quantitative estimate of drug-likeness (QED) is 0.347. The monoisotopic (exact) mass is 635 g/mol. The maximum absolute atomic E-state index is 13.7. The average Bonchev–Trinajstić information content (AvgIpc) is 3.51. The molecule has 8 nitrogen and oxygen atoms in total. The van der Waals surface area contributed by atoms with E-state index in [0.29, 0.717) is 51.1 Å². The molecule has 43 heavy (non-hydrogen) atoms. The molecule has 3 saturated heterocycles. The van der Waals surface area contributed by atoms with E-state index in [2.05, 4.69) is 4.90 Å². The third-order valence-corrected chi connectivity index (χ3v) is 11.7. The van der Waals surface area contributed by atoms with Gasteiger partial charge in [0.25, 0.3) is 0 Å². The molecule has 2 aromatic rings. The largest absolute Gasteiger partial charge is 0.370 e. The minimum Gasteiger partial charge on any atom is -0.370 e. The lowest BCUT2D eigenvalue weighted by Gasteiger charge is -2.42. The van der Waals surface area contributed by atoms with Crippen molar-refractivity contribution in [2.45, 2.75) is 68.4 Å². The van der Waals surface area contributed by atoms with Crippen LogP contribution in [-0.2, 0) is 29.9 Å². The van der Waals surface area contributed by atoms with Crippen LogP contribution in [0.5, 0.6) is 0 Å². The Kier molecular flexibility index (Phi) is 10.8. The van der Waals surface area contributed by atoms with Gasteiger partial charge in [-0.1, -0.05) is 42.3 Å². The van der Waals surface area contributed by atoms with Gasteiger partial charge in [0.15, 0.2) is 0 Å². The Hall–Kier alpha value is -2.08. The summed E-state index contributed by atoms with van der Waals surface area (Å²) in [5.74, 6) is -0.413. The highest BCUT2D eigenvalue weighted by Crippen LogP contribution is 2.37. The van der Waals surface area contributed by atoms with Crippen molar-refractivity contribution in [1.29, 1.82) is 0 Å². The number of ether oxygens (including phenoxy) is 2. The molecule has 1 unspecified atom stereocenters. The van der Waals surface area contributed by atoms with Gasteiger partial charge in [0.2, 0.25) is 15.9 Å². The third-order valence-electron chi connectivity index (χ3n) is 9.12. The summed E-state index contributed by atoms with van der Waals surface area (Å²) >= 11 is 6.32. The van der Waals surface area contributed by atoms with E-state index < -0.39 is 15.6 Å². The van der Waals surface area contributed by atoms with Crippen LogP contribution in [0.4, 0.5) is 4.39 Å². The molecule has 5 rings (SSSR count). The number of aryl methyl sites for hydroxylation is 1. The topological polar surface area (TPSA) is 79.4 Å². The standard InChI is InChI=1S/C32H43ClFN3O5S/c1-25-7-6-9-29(33)31(25)43(39,40)37-18-3-2-8-28(37)23-41-24-30(38)36-19-14-32(15-20-36,26-10-12-27(34)13-11-26)42-22-21-35-16-4-5-17-35/h6-7,9-13,28H,2-5,8,14-24H2,1H3. The molecule has 0 N–H and O–H groups in total. The Morgan fingerprint density at radius 2 is 1.70 bits per heavy atom. The number of piperidine rings is 2. The van der Waals surface area contributed by atoms with E-state index in [9.17, 15) is 17.6 Å². The molecule has 3 aliphatic heterocycles. The summed E-state index contributed by atoms with van der Waals surface area (Å²) in [5.41, 5.74) is 0.972. The first kappa shape index (κ1) is 32.3. The van der Waals surface area contributed by atoms with Gasteiger partial charge in [-0.15, -0.1) is 0 Å². The Morgan fingerprint density at radius 1 is 1.00 bits per heavy atom. The van der Waals surface area contributed by atoms with Crippen LogP contribution in [-0.4, -0.2) is 93.6 Å². The normalized spacial score (nSPS) is 21.7. The van der Waals surface area contributed by atoms with Gasteiger partial charge in [-0.25, -0.2) is 12.8 Å². The molecule has 0 radical (unpaired) electrons. The Bertz CT molecular complexity index is 1330. The molecule has 3 fully saturated rings. The van der Waals surface area contributed by atoms with Crippen molar-refractivity contribution in [3.05, 3.63) is 64.4 Å². The van der Waals surface area contributed by atoms with Gasteiger partial charge in [-0.3, -0.25) is 4.79 Å². The fraction of sp³-hybridized carbons (Fsp3) is 0.594. The second-order valence-electron chi connectivity index (χ2n) is 11.9. The summed E-state index contributed by atoms with van der Waals surface area (Å²) in [6, 6.07) is 11.2. The molecule has 0 aliphatic carbocycles. The molecule has 1 amide bonds. The molecule has 0 saturated carbocycles. The minimum atomic E-state index is -3.81. The van der Waals surface area contributed by atoms with Gasteiger partial charge in [-0.05, 0) is 87.9 Å². The van der Waals surface area contributed by atoms with Gasteiger partial charge in [0.1, 0.15) is 17.3 Å². The number of hydrogen-bond acceptors (Lipinski definition) is 6. The number of benzene rings is 2. The first-order chi connectivity index (χ1) is 20.7. The zero-order valence-corrected chi connectivity index (χ0v) is 26.6. The number of nitrogens with zero attached hydrogens (tertiary/aromatic N) is 3. The number of halogens is 2. The van der Waals surface area contributed by atoms with Crippen molar-refractivity contribution in [2.75, 3.05) is 59.1 Å². The minimum absolute atomic E-state index is 0.116. The fourth-order valence-corrected chi connectivity index (χ4v) is 9.12. The first-order valence-corrected chi connectivity index (χ1v) is 17.3. The highest BCUT2D eigenvalue weighted by Gasteiger charge is 2.39. The van der Waals surface area contributed by atoms with Crippen molar-refractivity contribution in [1.82, 2.24) is 14.1 Å². The second-order valence-corrected chi connectivity index (χ2v) is 14.2. The van der Waals surface area contributed by atoms with Crippen LogP contribution in [0.15, 0.2) is 47.4 Å². The molecule has 0 spiro atoms. The number of carbonyl (C=O) groups is 1. The lowest BCUT2D eigenvalue weighted by molar-refractivity contribution is -0.144. The summed E-state index contributed by atoms with van der Waals surface area (Å²) < 4.78 is 54.8. The molecule has 3 aliphatic rings. The molecular formula is C32H43ClFN3O5S. The van der Waals surface area contributed by atoms with E-state index in [1.165, 1.54) is 29.3 Å². The van der Waals surface area contributed by atoms with Crippen molar-refractivity contribution >= 4 is 27.5 Å². The SMILES string of the molecule is Cc1cccc(Cl)c1S(=O)(=O)N1CCCCC1COCC(=O)N1CCC(OCCN2CCCC2)(c2ccc(F)cc2)CC1. The smallest absolute Gasteiger partial charge is 0.248 e. The Balaban J connectivity index is 1.16. The highest BCUT2D eigenvalue weighted by molar-refractivity contribution is 7.89. The maximum atomic E-state index is 13.7. The fourth-order valence-electron chi connectivity index (χ4n) is 6.65.